The Hall–Kier alpha value is -0.810. The molecule has 1 aliphatic heterocycles. The molecule has 1 aliphatic rings. The summed E-state index contributed by atoms with van der Waals surface area (Å²) in [5, 5.41) is 2.64. The second-order valence-electron chi connectivity index (χ2n) is 3.29. The molecule has 1 heterocycles. The summed E-state index contributed by atoms with van der Waals surface area (Å²) < 4.78 is 18.6. The molecule has 3 nitrogen and oxygen atoms in total. The van der Waals surface area contributed by atoms with Crippen LogP contribution >= 0.6 is 28.3 Å². The van der Waals surface area contributed by atoms with Crippen molar-refractivity contribution in [3.8, 4) is 0 Å². The van der Waals surface area contributed by atoms with Gasteiger partial charge in [-0.2, -0.15) is 0 Å². The molecular weight excluding hydrogens is 300 g/mol. The highest BCUT2D eigenvalue weighted by molar-refractivity contribution is 9.10. The highest BCUT2D eigenvalue weighted by atomic mass is 79.9. The maximum atomic E-state index is 13.0. The van der Waals surface area contributed by atoms with Gasteiger partial charge in [-0.1, -0.05) is 15.9 Å². The zero-order valence-electron chi connectivity index (χ0n) is 8.20. The number of hydrogen-bond donors (Lipinski definition) is 1. The summed E-state index contributed by atoms with van der Waals surface area (Å²) in [7, 11) is 0. The highest BCUT2D eigenvalue weighted by Crippen LogP contribution is 2.28. The van der Waals surface area contributed by atoms with Gasteiger partial charge in [0.2, 0.25) is 0 Å². The molecule has 16 heavy (non-hydrogen) atoms. The molecule has 1 fully saturated rings. The second kappa shape index (κ2) is 5.50. The number of amides is 1. The summed E-state index contributed by atoms with van der Waals surface area (Å²) in [5.74, 6) is -0.311. The number of hydrogen-bond acceptors (Lipinski definition) is 2. The Bertz CT molecular complexity index is 402. The Morgan fingerprint density at radius 1 is 1.50 bits per heavy atom. The van der Waals surface area contributed by atoms with E-state index < -0.39 is 6.09 Å². The number of carbonyl (C=O) groups is 1. The minimum atomic E-state index is -0.456. The van der Waals surface area contributed by atoms with Gasteiger partial charge in [0.05, 0.1) is 12.6 Å². The Morgan fingerprint density at radius 2 is 2.25 bits per heavy atom. The van der Waals surface area contributed by atoms with Crippen LogP contribution in [0, 0.1) is 5.82 Å². The summed E-state index contributed by atoms with van der Waals surface area (Å²) in [6.07, 6.45) is 0.191. The van der Waals surface area contributed by atoms with Crippen LogP contribution in [-0.2, 0) is 4.74 Å². The largest absolute Gasteiger partial charge is 0.449 e. The van der Waals surface area contributed by atoms with Crippen molar-refractivity contribution in [3.63, 3.8) is 0 Å². The lowest BCUT2D eigenvalue weighted by molar-refractivity contribution is 0.115. The zero-order chi connectivity index (χ0) is 10.8. The van der Waals surface area contributed by atoms with Gasteiger partial charge in [0.25, 0.3) is 0 Å². The molecule has 6 heteroatoms. The zero-order valence-corrected chi connectivity index (χ0v) is 10.6. The van der Waals surface area contributed by atoms with E-state index >= 15 is 0 Å². The summed E-state index contributed by atoms with van der Waals surface area (Å²) >= 11 is 3.33. The van der Waals surface area contributed by atoms with Crippen molar-refractivity contribution in [1.82, 2.24) is 5.32 Å². The van der Waals surface area contributed by atoms with Crippen molar-refractivity contribution in [3.05, 3.63) is 34.1 Å². The summed E-state index contributed by atoms with van der Waals surface area (Å²) in [5.41, 5.74) is 0.742. The molecule has 0 aliphatic carbocycles. The van der Waals surface area contributed by atoms with E-state index in [1.54, 1.807) is 6.07 Å². The van der Waals surface area contributed by atoms with Gasteiger partial charge in [0.15, 0.2) is 0 Å². The van der Waals surface area contributed by atoms with Crippen molar-refractivity contribution < 1.29 is 13.9 Å². The van der Waals surface area contributed by atoms with Crippen LogP contribution in [0.15, 0.2) is 22.7 Å². The Kier molecular flexibility index (Phi) is 4.56. The van der Waals surface area contributed by atoms with E-state index in [-0.39, 0.29) is 24.3 Å². The molecule has 1 amide bonds. The van der Waals surface area contributed by atoms with E-state index in [4.69, 9.17) is 4.74 Å². The Labute approximate surface area is 107 Å². The number of benzene rings is 1. The molecule has 0 unspecified atom stereocenters. The fourth-order valence-corrected chi connectivity index (χ4v) is 2.06. The number of ether oxygens (including phenoxy) is 1. The van der Waals surface area contributed by atoms with Gasteiger partial charge in [0.1, 0.15) is 5.82 Å². The molecule has 88 valence electrons. The average Bonchev–Trinajstić information content (AvgIpc) is 2.22. The fourth-order valence-electron chi connectivity index (χ4n) is 1.54. The number of cyclic esters (lactones) is 1. The van der Waals surface area contributed by atoms with Gasteiger partial charge < -0.3 is 10.1 Å². The lowest BCUT2D eigenvalue weighted by Crippen LogP contribution is -2.35. The van der Waals surface area contributed by atoms with Gasteiger partial charge >= 0.3 is 6.09 Å². The number of halogens is 3. The van der Waals surface area contributed by atoms with Crippen LogP contribution in [0.2, 0.25) is 0 Å². The normalized spacial score (nSPS) is 19.4. The van der Waals surface area contributed by atoms with E-state index in [1.165, 1.54) is 12.1 Å². The number of nitrogens with one attached hydrogen (secondary N) is 1. The van der Waals surface area contributed by atoms with E-state index in [0.29, 0.717) is 13.0 Å². The molecule has 1 aromatic rings. The third-order valence-corrected chi connectivity index (χ3v) is 2.99. The highest BCUT2D eigenvalue weighted by Gasteiger charge is 2.22. The minimum absolute atomic E-state index is 0. The van der Waals surface area contributed by atoms with Crippen molar-refractivity contribution in [1.29, 1.82) is 0 Å². The first kappa shape index (κ1) is 13.3. The lowest BCUT2D eigenvalue weighted by atomic mass is 10.0. The first-order valence-electron chi connectivity index (χ1n) is 4.55. The van der Waals surface area contributed by atoms with Gasteiger partial charge in [-0.15, -0.1) is 12.4 Å². The van der Waals surface area contributed by atoms with Crippen LogP contribution in [0.4, 0.5) is 9.18 Å². The molecule has 2 rings (SSSR count). The Morgan fingerprint density at radius 3 is 2.94 bits per heavy atom. The van der Waals surface area contributed by atoms with E-state index in [0.717, 1.165) is 10.0 Å². The molecule has 1 atom stereocenters. The van der Waals surface area contributed by atoms with Crippen LogP contribution in [0.5, 0.6) is 0 Å². The maximum absolute atomic E-state index is 13.0. The number of alkyl carbamates (subject to hydrolysis) is 1. The average molecular weight is 311 g/mol. The van der Waals surface area contributed by atoms with E-state index in [2.05, 4.69) is 21.2 Å². The molecule has 1 N–H and O–H groups in total. The second-order valence-corrected chi connectivity index (χ2v) is 4.14. The van der Waals surface area contributed by atoms with Crippen molar-refractivity contribution in [2.24, 2.45) is 0 Å². The summed E-state index contributed by atoms with van der Waals surface area (Å²) in [6, 6.07) is 4.23. The summed E-state index contributed by atoms with van der Waals surface area (Å²) in [4.78, 5) is 11.0. The van der Waals surface area contributed by atoms with Crippen LogP contribution < -0.4 is 5.32 Å². The van der Waals surface area contributed by atoms with Crippen molar-refractivity contribution in [2.75, 3.05) is 6.61 Å². The number of carbonyl (C=O) groups excluding carboxylic acids is 1. The number of rotatable bonds is 1. The van der Waals surface area contributed by atoms with Gasteiger partial charge in [-0.25, -0.2) is 9.18 Å². The Balaban J connectivity index is 0.00000128. The molecule has 1 saturated heterocycles. The summed E-state index contributed by atoms with van der Waals surface area (Å²) in [6.45, 7) is 0.361. The van der Waals surface area contributed by atoms with Gasteiger partial charge in [0, 0.05) is 10.9 Å². The predicted octanol–water partition coefficient (Wildman–Crippen LogP) is 3.18. The first-order chi connectivity index (χ1) is 7.16. The molecule has 0 spiro atoms. The monoisotopic (exact) mass is 309 g/mol. The smallest absolute Gasteiger partial charge is 0.407 e. The van der Waals surface area contributed by atoms with Crippen LogP contribution in [0.25, 0.3) is 0 Å². The quantitative estimate of drug-likeness (QED) is 0.865. The van der Waals surface area contributed by atoms with E-state index in [9.17, 15) is 9.18 Å². The topological polar surface area (TPSA) is 38.3 Å². The molecular formula is C10H10BrClFNO2. The van der Waals surface area contributed by atoms with Crippen LogP contribution in [-0.4, -0.2) is 12.7 Å². The fraction of sp³-hybridized carbons (Fsp3) is 0.300. The predicted molar refractivity (Wildman–Crippen MR) is 63.2 cm³/mol. The standard InChI is InChI=1S/C10H9BrFNO2.ClH/c11-8-2-1-6(12)5-7(8)9-3-4-15-10(14)13-9;/h1-2,5,9H,3-4H2,(H,13,14);1H/t9-;/m1./s1. The van der Waals surface area contributed by atoms with E-state index in [1.807, 2.05) is 0 Å². The van der Waals surface area contributed by atoms with Crippen molar-refractivity contribution >= 4 is 34.4 Å². The first-order valence-corrected chi connectivity index (χ1v) is 5.34. The lowest BCUT2D eigenvalue weighted by Gasteiger charge is -2.24. The third kappa shape index (κ3) is 2.86. The van der Waals surface area contributed by atoms with Gasteiger partial charge in [-0.05, 0) is 23.8 Å². The SMILES string of the molecule is Cl.O=C1N[C@@H](c2cc(F)ccc2Br)CCO1. The molecule has 1 aromatic carbocycles. The van der Waals surface area contributed by atoms with Crippen LogP contribution in [0.3, 0.4) is 0 Å². The minimum Gasteiger partial charge on any atom is -0.449 e. The van der Waals surface area contributed by atoms with Gasteiger partial charge in [-0.3, -0.25) is 0 Å². The molecule has 0 aromatic heterocycles. The maximum Gasteiger partial charge on any atom is 0.407 e. The van der Waals surface area contributed by atoms with Crippen LogP contribution in [0.1, 0.15) is 18.0 Å². The molecule has 0 bridgehead atoms. The third-order valence-electron chi connectivity index (χ3n) is 2.27. The molecule has 0 saturated carbocycles. The molecule has 0 radical (unpaired) electrons. The van der Waals surface area contributed by atoms with Crippen molar-refractivity contribution in [2.45, 2.75) is 12.5 Å².